The van der Waals surface area contributed by atoms with Crippen molar-refractivity contribution in [2.24, 2.45) is 5.92 Å². The zero-order chi connectivity index (χ0) is 19.5. The van der Waals surface area contributed by atoms with Gasteiger partial charge in [-0.25, -0.2) is 9.48 Å². The molecule has 148 valence electrons. The van der Waals surface area contributed by atoms with Crippen LogP contribution in [0.4, 0.5) is 4.79 Å². The van der Waals surface area contributed by atoms with E-state index >= 15 is 0 Å². The number of methoxy groups -OCH3 is 1. The molecule has 0 radical (unpaired) electrons. The minimum absolute atomic E-state index is 0.171. The van der Waals surface area contributed by atoms with Crippen LogP contribution < -0.4 is 5.32 Å². The molecule has 8 heteroatoms. The number of nitrogens with zero attached hydrogens (tertiary/aromatic N) is 4. The highest BCUT2D eigenvalue weighted by Gasteiger charge is 2.39. The minimum atomic E-state index is -0.573. The third kappa shape index (κ3) is 3.91. The summed E-state index contributed by atoms with van der Waals surface area (Å²) in [5, 5.41) is 10.9. The topological polar surface area (TPSA) is 89.4 Å². The molecule has 1 aliphatic heterocycles. The van der Waals surface area contributed by atoms with Crippen LogP contribution in [0.3, 0.4) is 0 Å². The summed E-state index contributed by atoms with van der Waals surface area (Å²) in [6.07, 6.45) is 5.04. The normalized spacial score (nSPS) is 21.7. The highest BCUT2D eigenvalue weighted by molar-refractivity contribution is 6.04. The number of ether oxygens (including phenoxy) is 1. The van der Waals surface area contributed by atoms with Crippen molar-refractivity contribution in [1.29, 1.82) is 0 Å². The number of urea groups is 1. The molecule has 0 bridgehead atoms. The number of carbonyl (C=O) groups is 2. The maximum absolute atomic E-state index is 12.8. The molecule has 8 nitrogen and oxygen atoms in total. The highest BCUT2D eigenvalue weighted by atomic mass is 16.5. The van der Waals surface area contributed by atoms with Gasteiger partial charge in [-0.3, -0.25) is 9.69 Å². The van der Waals surface area contributed by atoms with E-state index in [4.69, 9.17) is 4.74 Å². The zero-order valence-electron chi connectivity index (χ0n) is 16.0. The molecule has 1 aromatic carbocycles. The van der Waals surface area contributed by atoms with Crippen LogP contribution in [-0.2, 0) is 35.3 Å². The number of aryl methyl sites for hydroxylation is 1. The number of rotatable bonds is 7. The van der Waals surface area contributed by atoms with Gasteiger partial charge >= 0.3 is 6.03 Å². The van der Waals surface area contributed by atoms with Crippen LogP contribution in [0.1, 0.15) is 23.2 Å². The van der Waals surface area contributed by atoms with Gasteiger partial charge < -0.3 is 10.1 Å². The molecule has 1 aliphatic carbocycles. The lowest BCUT2D eigenvalue weighted by molar-refractivity contribution is -0.127. The second kappa shape index (κ2) is 8.10. The molecule has 0 saturated carbocycles. The van der Waals surface area contributed by atoms with Crippen LogP contribution in [0.5, 0.6) is 0 Å². The van der Waals surface area contributed by atoms with Gasteiger partial charge in [0.2, 0.25) is 0 Å². The number of amides is 3. The molecule has 2 aliphatic rings. The summed E-state index contributed by atoms with van der Waals surface area (Å²) in [7, 11) is 1.63. The van der Waals surface area contributed by atoms with E-state index in [1.165, 1.54) is 16.0 Å². The molecule has 2 heterocycles. The average molecular weight is 383 g/mol. The molecule has 1 saturated heterocycles. The molecule has 2 aromatic rings. The number of benzene rings is 1. The number of imide groups is 1. The standard InChI is InChI=1S/C20H25N5O3/c1-28-9-8-24-13-17(22-23-24)11-18-19(26)25(20(27)21-18)12-14-6-7-15-4-2-3-5-16(15)10-14/h2-5,13-14,18H,6-12H2,1H3,(H,21,27)/t14-,18+/m0/s1. The number of fused-ring (bicyclic) bond motifs is 1. The van der Waals surface area contributed by atoms with E-state index in [2.05, 4.69) is 33.8 Å². The average Bonchev–Trinajstić information content (AvgIpc) is 3.26. The summed E-state index contributed by atoms with van der Waals surface area (Å²) in [6, 6.07) is 7.53. The fraction of sp³-hybridized carbons (Fsp3) is 0.500. The van der Waals surface area contributed by atoms with Crippen LogP contribution >= 0.6 is 0 Å². The Morgan fingerprint density at radius 2 is 2.07 bits per heavy atom. The Morgan fingerprint density at radius 3 is 2.89 bits per heavy atom. The van der Waals surface area contributed by atoms with Gasteiger partial charge in [0.25, 0.3) is 5.91 Å². The van der Waals surface area contributed by atoms with Crippen molar-refractivity contribution in [3.63, 3.8) is 0 Å². The maximum atomic E-state index is 12.8. The molecule has 1 N–H and O–H groups in total. The first kappa shape index (κ1) is 18.6. The lowest BCUT2D eigenvalue weighted by Gasteiger charge is -2.27. The van der Waals surface area contributed by atoms with E-state index in [9.17, 15) is 9.59 Å². The minimum Gasteiger partial charge on any atom is -0.383 e. The SMILES string of the molecule is COCCn1cc(C[C@H]2NC(=O)N(C[C@H]3CCc4ccccc4C3)C2=O)nn1. The quantitative estimate of drug-likeness (QED) is 0.726. The molecular formula is C20H25N5O3. The maximum Gasteiger partial charge on any atom is 0.324 e. The van der Waals surface area contributed by atoms with Gasteiger partial charge in [0.15, 0.2) is 0 Å². The predicted octanol–water partition coefficient (Wildman–Crippen LogP) is 1.19. The van der Waals surface area contributed by atoms with E-state index in [-0.39, 0.29) is 11.9 Å². The van der Waals surface area contributed by atoms with Crippen LogP contribution in [0.15, 0.2) is 30.5 Å². The van der Waals surface area contributed by atoms with Gasteiger partial charge in [-0.2, -0.15) is 0 Å². The van der Waals surface area contributed by atoms with Crippen LogP contribution in [0, 0.1) is 5.92 Å². The monoisotopic (exact) mass is 383 g/mol. The fourth-order valence-electron chi connectivity index (χ4n) is 4.01. The summed E-state index contributed by atoms with van der Waals surface area (Å²) < 4.78 is 6.70. The lowest BCUT2D eigenvalue weighted by atomic mass is 9.83. The third-order valence-electron chi connectivity index (χ3n) is 5.52. The molecule has 0 unspecified atom stereocenters. The Balaban J connectivity index is 1.36. The molecule has 1 fully saturated rings. The molecular weight excluding hydrogens is 358 g/mol. The van der Waals surface area contributed by atoms with Crippen LogP contribution in [0.25, 0.3) is 0 Å². The van der Waals surface area contributed by atoms with E-state index < -0.39 is 6.04 Å². The molecule has 2 atom stereocenters. The van der Waals surface area contributed by atoms with Crippen molar-refractivity contribution < 1.29 is 14.3 Å². The van der Waals surface area contributed by atoms with Crippen molar-refractivity contribution in [3.8, 4) is 0 Å². The van der Waals surface area contributed by atoms with Gasteiger partial charge in [0.1, 0.15) is 6.04 Å². The number of aromatic nitrogens is 3. The van der Waals surface area contributed by atoms with E-state index in [0.717, 1.165) is 19.3 Å². The summed E-state index contributed by atoms with van der Waals surface area (Å²) in [4.78, 5) is 26.5. The van der Waals surface area contributed by atoms with Crippen molar-refractivity contribution in [2.75, 3.05) is 20.3 Å². The number of nitrogens with one attached hydrogen (secondary N) is 1. The molecule has 4 rings (SSSR count). The van der Waals surface area contributed by atoms with E-state index in [1.54, 1.807) is 18.0 Å². The summed E-state index contributed by atoms with van der Waals surface area (Å²) in [6.45, 7) is 1.61. The summed E-state index contributed by atoms with van der Waals surface area (Å²) in [5.41, 5.74) is 3.39. The Bertz CT molecular complexity index is 865. The third-order valence-corrected chi connectivity index (χ3v) is 5.52. The van der Waals surface area contributed by atoms with Gasteiger partial charge in [-0.15, -0.1) is 5.10 Å². The Morgan fingerprint density at radius 1 is 1.25 bits per heavy atom. The Kier molecular flexibility index (Phi) is 5.38. The number of hydrogen-bond acceptors (Lipinski definition) is 5. The second-order valence-electron chi connectivity index (χ2n) is 7.50. The van der Waals surface area contributed by atoms with Gasteiger partial charge in [-0.1, -0.05) is 29.5 Å². The van der Waals surface area contributed by atoms with Gasteiger partial charge in [0.05, 0.1) is 18.8 Å². The molecule has 0 spiro atoms. The Hall–Kier alpha value is -2.74. The van der Waals surface area contributed by atoms with E-state index in [0.29, 0.717) is 37.7 Å². The van der Waals surface area contributed by atoms with Gasteiger partial charge in [0, 0.05) is 26.3 Å². The fourth-order valence-corrected chi connectivity index (χ4v) is 4.01. The Labute approximate surface area is 163 Å². The number of hydrogen-bond donors (Lipinski definition) is 1. The summed E-state index contributed by atoms with van der Waals surface area (Å²) >= 11 is 0. The van der Waals surface area contributed by atoms with Crippen molar-refractivity contribution in [2.45, 2.75) is 38.3 Å². The van der Waals surface area contributed by atoms with Crippen molar-refractivity contribution >= 4 is 11.9 Å². The van der Waals surface area contributed by atoms with Crippen molar-refractivity contribution in [1.82, 2.24) is 25.2 Å². The van der Waals surface area contributed by atoms with Crippen molar-refractivity contribution in [3.05, 3.63) is 47.3 Å². The molecule has 1 aromatic heterocycles. The van der Waals surface area contributed by atoms with Crippen LogP contribution in [0.2, 0.25) is 0 Å². The number of carbonyl (C=O) groups excluding carboxylic acids is 2. The second-order valence-corrected chi connectivity index (χ2v) is 7.50. The van der Waals surface area contributed by atoms with Gasteiger partial charge in [-0.05, 0) is 36.3 Å². The smallest absolute Gasteiger partial charge is 0.324 e. The van der Waals surface area contributed by atoms with E-state index in [1.807, 2.05) is 6.07 Å². The lowest BCUT2D eigenvalue weighted by Crippen LogP contribution is -2.37. The molecule has 28 heavy (non-hydrogen) atoms. The highest BCUT2D eigenvalue weighted by Crippen LogP contribution is 2.27. The van der Waals surface area contributed by atoms with Crippen LogP contribution in [-0.4, -0.2) is 58.1 Å². The predicted molar refractivity (Wildman–Crippen MR) is 102 cm³/mol. The molecule has 3 amide bonds. The summed E-state index contributed by atoms with van der Waals surface area (Å²) in [5.74, 6) is 0.133. The first-order valence-corrected chi connectivity index (χ1v) is 9.70. The largest absolute Gasteiger partial charge is 0.383 e. The first-order valence-electron chi connectivity index (χ1n) is 9.70. The first-order chi connectivity index (χ1) is 13.6. The zero-order valence-corrected chi connectivity index (χ0v) is 16.0.